The largest absolute Gasteiger partial charge is 0.340 e. The highest BCUT2D eigenvalue weighted by molar-refractivity contribution is 6.68. The third-order valence-electron chi connectivity index (χ3n) is 2.68. The van der Waals surface area contributed by atoms with Gasteiger partial charge in [0.25, 0.3) is 0 Å². The van der Waals surface area contributed by atoms with E-state index in [1.54, 1.807) is 11.8 Å². The average molecular weight is 274 g/mol. The molecule has 0 aromatic carbocycles. The zero-order valence-corrected chi connectivity index (χ0v) is 11.1. The van der Waals surface area contributed by atoms with Crippen LogP contribution in [0.3, 0.4) is 0 Å². The maximum atomic E-state index is 11.9. The highest BCUT2D eigenvalue weighted by Gasteiger charge is 2.37. The Bertz CT molecular complexity index is 234. The summed E-state index contributed by atoms with van der Waals surface area (Å²) in [6, 6.07) is 0. The Morgan fingerprint density at radius 2 is 1.67 bits per heavy atom. The van der Waals surface area contributed by atoms with Crippen LogP contribution in [-0.4, -0.2) is 52.7 Å². The molecular formula is C9H15Cl3N2O. The molecule has 1 aliphatic heterocycles. The standard InChI is InChI=1S/C9H15Cl3N2O/c1-7(9(10,11)12)8(15)14-5-3-13(2)4-6-14/h7H,3-6H2,1-2H3. The van der Waals surface area contributed by atoms with Gasteiger partial charge in [0, 0.05) is 26.2 Å². The summed E-state index contributed by atoms with van der Waals surface area (Å²) in [6.45, 7) is 4.81. The highest BCUT2D eigenvalue weighted by Crippen LogP contribution is 2.35. The van der Waals surface area contributed by atoms with E-state index in [-0.39, 0.29) is 5.91 Å². The zero-order chi connectivity index (χ0) is 11.6. The van der Waals surface area contributed by atoms with E-state index in [1.807, 2.05) is 7.05 Å². The summed E-state index contributed by atoms with van der Waals surface area (Å²) in [5.74, 6) is -0.672. The van der Waals surface area contributed by atoms with Crippen molar-refractivity contribution in [2.24, 2.45) is 5.92 Å². The number of likely N-dealkylation sites (N-methyl/N-ethyl adjacent to an activating group) is 1. The first-order valence-corrected chi connectivity index (χ1v) is 6.00. The predicted octanol–water partition coefficient (Wildman–Crippen LogP) is 1.77. The number of nitrogens with zero attached hydrogens (tertiary/aromatic N) is 2. The van der Waals surface area contributed by atoms with Gasteiger partial charge >= 0.3 is 0 Å². The minimum atomic E-state index is -1.51. The Morgan fingerprint density at radius 1 is 1.20 bits per heavy atom. The summed E-state index contributed by atoms with van der Waals surface area (Å²) in [4.78, 5) is 15.8. The van der Waals surface area contributed by atoms with Crippen LogP contribution in [0.2, 0.25) is 0 Å². The number of piperazine rings is 1. The Hall–Kier alpha value is 0.300. The Kier molecular flexibility index (Phi) is 4.53. The van der Waals surface area contributed by atoms with E-state index in [0.717, 1.165) is 13.1 Å². The molecule has 3 nitrogen and oxygen atoms in total. The quantitative estimate of drug-likeness (QED) is 0.680. The van der Waals surface area contributed by atoms with Gasteiger partial charge in [0.05, 0.1) is 5.92 Å². The minimum Gasteiger partial charge on any atom is -0.340 e. The summed E-state index contributed by atoms with van der Waals surface area (Å²) >= 11 is 17.1. The molecule has 88 valence electrons. The number of carbonyl (C=O) groups excluding carboxylic acids is 1. The van der Waals surface area contributed by atoms with E-state index in [0.29, 0.717) is 13.1 Å². The molecule has 1 fully saturated rings. The van der Waals surface area contributed by atoms with Crippen molar-refractivity contribution in [3.05, 3.63) is 0 Å². The summed E-state index contributed by atoms with van der Waals surface area (Å²) in [6.07, 6.45) is 0. The third kappa shape index (κ3) is 3.66. The van der Waals surface area contributed by atoms with Gasteiger partial charge in [-0.25, -0.2) is 0 Å². The summed E-state index contributed by atoms with van der Waals surface area (Å²) < 4.78 is -1.51. The van der Waals surface area contributed by atoms with Crippen LogP contribution < -0.4 is 0 Å². The molecule has 0 saturated carbocycles. The minimum absolute atomic E-state index is 0.0805. The normalized spacial score (nSPS) is 21.5. The second kappa shape index (κ2) is 5.09. The molecule has 1 heterocycles. The molecule has 1 unspecified atom stereocenters. The van der Waals surface area contributed by atoms with Gasteiger partial charge in [-0.2, -0.15) is 0 Å². The predicted molar refractivity (Wildman–Crippen MR) is 63.5 cm³/mol. The number of hydrogen-bond donors (Lipinski definition) is 0. The number of carbonyl (C=O) groups is 1. The van der Waals surface area contributed by atoms with Crippen molar-refractivity contribution >= 4 is 40.7 Å². The molecule has 1 rings (SSSR count). The number of amides is 1. The molecule has 0 radical (unpaired) electrons. The fourth-order valence-electron chi connectivity index (χ4n) is 1.44. The lowest BCUT2D eigenvalue weighted by molar-refractivity contribution is -0.136. The first-order valence-electron chi connectivity index (χ1n) is 4.86. The second-order valence-corrected chi connectivity index (χ2v) is 6.26. The van der Waals surface area contributed by atoms with E-state index in [1.165, 1.54) is 0 Å². The summed E-state index contributed by atoms with van der Waals surface area (Å²) in [5, 5.41) is 0. The molecule has 0 aromatic heterocycles. The van der Waals surface area contributed by atoms with Gasteiger partial charge in [0.15, 0.2) is 0 Å². The lowest BCUT2D eigenvalue weighted by atomic mass is 10.1. The average Bonchev–Trinajstić information content (AvgIpc) is 2.15. The van der Waals surface area contributed by atoms with Crippen molar-refractivity contribution in [2.45, 2.75) is 10.7 Å². The number of rotatable bonds is 1. The lowest BCUT2D eigenvalue weighted by Crippen LogP contribution is -2.50. The van der Waals surface area contributed by atoms with E-state index < -0.39 is 9.71 Å². The number of hydrogen-bond acceptors (Lipinski definition) is 2. The van der Waals surface area contributed by atoms with E-state index in [2.05, 4.69) is 4.90 Å². The maximum absolute atomic E-state index is 11.9. The van der Waals surface area contributed by atoms with Gasteiger partial charge in [-0.1, -0.05) is 34.8 Å². The molecule has 0 aliphatic carbocycles. The van der Waals surface area contributed by atoms with E-state index in [4.69, 9.17) is 34.8 Å². The molecule has 15 heavy (non-hydrogen) atoms. The van der Waals surface area contributed by atoms with Crippen LogP contribution in [0.1, 0.15) is 6.92 Å². The van der Waals surface area contributed by atoms with Crippen LogP contribution >= 0.6 is 34.8 Å². The summed E-state index contributed by atoms with van der Waals surface area (Å²) in [5.41, 5.74) is 0. The van der Waals surface area contributed by atoms with Crippen LogP contribution in [-0.2, 0) is 4.79 Å². The summed E-state index contributed by atoms with van der Waals surface area (Å²) in [7, 11) is 2.03. The molecule has 6 heteroatoms. The smallest absolute Gasteiger partial charge is 0.229 e. The topological polar surface area (TPSA) is 23.6 Å². The van der Waals surface area contributed by atoms with Crippen LogP contribution in [0, 0.1) is 5.92 Å². The molecule has 0 aromatic rings. The zero-order valence-electron chi connectivity index (χ0n) is 8.84. The highest BCUT2D eigenvalue weighted by atomic mass is 35.6. The molecular weight excluding hydrogens is 258 g/mol. The molecule has 1 aliphatic rings. The van der Waals surface area contributed by atoms with Crippen molar-refractivity contribution < 1.29 is 4.79 Å². The Morgan fingerprint density at radius 3 is 2.07 bits per heavy atom. The second-order valence-electron chi connectivity index (χ2n) is 3.89. The lowest BCUT2D eigenvalue weighted by Gasteiger charge is -2.35. The van der Waals surface area contributed by atoms with Crippen molar-refractivity contribution in [1.29, 1.82) is 0 Å². The van der Waals surface area contributed by atoms with Gasteiger partial charge in [-0.05, 0) is 14.0 Å². The maximum Gasteiger partial charge on any atom is 0.229 e. The van der Waals surface area contributed by atoms with Crippen molar-refractivity contribution in [1.82, 2.24) is 9.80 Å². The Balaban J connectivity index is 2.54. The fraction of sp³-hybridized carbons (Fsp3) is 0.889. The monoisotopic (exact) mass is 272 g/mol. The van der Waals surface area contributed by atoms with E-state index >= 15 is 0 Å². The molecule has 1 amide bonds. The molecule has 0 bridgehead atoms. The molecule has 0 spiro atoms. The van der Waals surface area contributed by atoms with Gasteiger partial charge in [-0.15, -0.1) is 0 Å². The number of alkyl halides is 3. The van der Waals surface area contributed by atoms with Gasteiger partial charge in [0.1, 0.15) is 0 Å². The van der Waals surface area contributed by atoms with Crippen LogP contribution in [0.5, 0.6) is 0 Å². The third-order valence-corrected chi connectivity index (χ3v) is 3.66. The van der Waals surface area contributed by atoms with Crippen molar-refractivity contribution in [3.8, 4) is 0 Å². The first kappa shape index (κ1) is 13.4. The van der Waals surface area contributed by atoms with Crippen molar-refractivity contribution in [3.63, 3.8) is 0 Å². The number of halogens is 3. The van der Waals surface area contributed by atoms with Gasteiger partial charge < -0.3 is 9.80 Å². The van der Waals surface area contributed by atoms with Crippen LogP contribution in [0.15, 0.2) is 0 Å². The van der Waals surface area contributed by atoms with E-state index in [9.17, 15) is 4.79 Å². The Labute approximate surface area is 105 Å². The van der Waals surface area contributed by atoms with Crippen molar-refractivity contribution in [2.75, 3.05) is 33.2 Å². The molecule has 1 atom stereocenters. The van der Waals surface area contributed by atoms with Gasteiger partial charge in [-0.3, -0.25) is 4.79 Å². The van der Waals surface area contributed by atoms with Crippen LogP contribution in [0.4, 0.5) is 0 Å². The molecule has 0 N–H and O–H groups in total. The SMILES string of the molecule is CC(C(=O)N1CCN(C)CC1)C(Cl)(Cl)Cl. The first-order chi connectivity index (χ1) is 6.82. The fourth-order valence-corrected chi connectivity index (χ4v) is 1.72. The van der Waals surface area contributed by atoms with Gasteiger partial charge in [0.2, 0.25) is 9.70 Å². The van der Waals surface area contributed by atoms with Crippen LogP contribution in [0.25, 0.3) is 0 Å². The molecule has 1 saturated heterocycles.